The van der Waals surface area contributed by atoms with E-state index in [4.69, 9.17) is 0 Å². The molecule has 0 aliphatic rings. The van der Waals surface area contributed by atoms with Crippen molar-refractivity contribution in [2.75, 3.05) is 27.2 Å². The fourth-order valence-corrected chi connectivity index (χ4v) is 2.28. The van der Waals surface area contributed by atoms with Crippen LogP contribution in [0.25, 0.3) is 0 Å². The molecule has 120 valence electrons. The zero-order chi connectivity index (χ0) is 15.1. The topological polar surface area (TPSA) is 32.3 Å². The number of nitrogens with zero attached hydrogens (tertiary/aromatic N) is 1. The Balaban J connectivity index is 3.04. The van der Waals surface area contributed by atoms with Gasteiger partial charge >= 0.3 is 0 Å². The van der Waals surface area contributed by atoms with E-state index < -0.39 is 0 Å². The summed E-state index contributed by atoms with van der Waals surface area (Å²) in [7, 11) is 3.62. The lowest BCUT2D eigenvalue weighted by molar-refractivity contribution is -0.128. The van der Waals surface area contributed by atoms with Crippen LogP contribution in [0.2, 0.25) is 0 Å². The molecule has 0 radical (unpaired) electrons. The van der Waals surface area contributed by atoms with E-state index in [2.05, 4.69) is 12.2 Å². The molecule has 0 bridgehead atoms. The first-order valence-electron chi connectivity index (χ1n) is 8.59. The van der Waals surface area contributed by atoms with Crippen molar-refractivity contribution in [3.8, 4) is 0 Å². The van der Waals surface area contributed by atoms with Crippen LogP contribution >= 0.6 is 0 Å². The standard InChI is InChI=1S/C17H36N2O/c1-4-5-6-7-8-9-10-11-12-13-15-18-16-14-17(20)19(2)3/h18H,4-16H2,1-3H3. The summed E-state index contributed by atoms with van der Waals surface area (Å²) in [6.07, 6.45) is 14.4. The lowest BCUT2D eigenvalue weighted by atomic mass is 10.1. The Hall–Kier alpha value is -0.570. The summed E-state index contributed by atoms with van der Waals surface area (Å²) in [5.41, 5.74) is 0. The molecular weight excluding hydrogens is 248 g/mol. The van der Waals surface area contributed by atoms with Crippen molar-refractivity contribution >= 4 is 5.91 Å². The minimum atomic E-state index is 0.209. The maximum absolute atomic E-state index is 11.3. The SMILES string of the molecule is CCCCCCCCCCCCNCCC(=O)N(C)C. The summed E-state index contributed by atoms with van der Waals surface area (Å²) in [6, 6.07) is 0. The van der Waals surface area contributed by atoms with Crippen LogP contribution in [-0.4, -0.2) is 38.0 Å². The van der Waals surface area contributed by atoms with Crippen LogP contribution in [-0.2, 0) is 4.79 Å². The van der Waals surface area contributed by atoms with Gasteiger partial charge in [-0.2, -0.15) is 0 Å². The summed E-state index contributed by atoms with van der Waals surface area (Å²) in [6.45, 7) is 4.14. The van der Waals surface area contributed by atoms with Gasteiger partial charge in [0.15, 0.2) is 0 Å². The Kier molecular flexibility index (Phi) is 14.4. The van der Waals surface area contributed by atoms with Gasteiger partial charge in [-0.05, 0) is 13.0 Å². The van der Waals surface area contributed by atoms with E-state index in [1.807, 2.05) is 14.1 Å². The molecule has 0 unspecified atom stereocenters. The Morgan fingerprint density at radius 1 is 0.800 bits per heavy atom. The molecule has 0 rings (SSSR count). The maximum atomic E-state index is 11.3. The Morgan fingerprint density at radius 2 is 1.30 bits per heavy atom. The monoisotopic (exact) mass is 284 g/mol. The van der Waals surface area contributed by atoms with Crippen LogP contribution in [0.4, 0.5) is 0 Å². The third-order valence-electron chi connectivity index (χ3n) is 3.72. The average Bonchev–Trinajstić information content (AvgIpc) is 2.43. The number of rotatable bonds is 14. The van der Waals surface area contributed by atoms with E-state index in [0.29, 0.717) is 6.42 Å². The van der Waals surface area contributed by atoms with E-state index in [-0.39, 0.29) is 5.91 Å². The largest absolute Gasteiger partial charge is 0.349 e. The molecule has 0 aliphatic carbocycles. The van der Waals surface area contributed by atoms with Crippen LogP contribution in [0.15, 0.2) is 0 Å². The molecule has 0 aliphatic heterocycles. The van der Waals surface area contributed by atoms with Crippen molar-refractivity contribution in [3.05, 3.63) is 0 Å². The Labute approximate surface area is 126 Å². The third-order valence-corrected chi connectivity index (χ3v) is 3.72. The first kappa shape index (κ1) is 19.4. The molecule has 0 aromatic rings. The van der Waals surface area contributed by atoms with Gasteiger partial charge in [-0.3, -0.25) is 4.79 Å². The minimum absolute atomic E-state index is 0.209. The molecule has 3 nitrogen and oxygen atoms in total. The summed E-state index contributed by atoms with van der Waals surface area (Å²) in [5.74, 6) is 0.209. The summed E-state index contributed by atoms with van der Waals surface area (Å²) in [4.78, 5) is 13.0. The Morgan fingerprint density at radius 3 is 1.80 bits per heavy atom. The fraction of sp³-hybridized carbons (Fsp3) is 0.941. The Bertz CT molecular complexity index is 217. The van der Waals surface area contributed by atoms with Crippen molar-refractivity contribution in [2.24, 2.45) is 0 Å². The van der Waals surface area contributed by atoms with Crippen LogP contribution in [0.3, 0.4) is 0 Å². The second-order valence-electron chi connectivity index (χ2n) is 5.97. The molecule has 0 atom stereocenters. The highest BCUT2D eigenvalue weighted by atomic mass is 16.2. The lowest BCUT2D eigenvalue weighted by Gasteiger charge is -2.10. The number of unbranched alkanes of at least 4 members (excludes halogenated alkanes) is 9. The molecule has 0 spiro atoms. The second-order valence-corrected chi connectivity index (χ2v) is 5.97. The molecule has 1 amide bonds. The first-order chi connectivity index (χ1) is 9.68. The number of carbonyl (C=O) groups excluding carboxylic acids is 1. The van der Waals surface area contributed by atoms with Crippen molar-refractivity contribution < 1.29 is 4.79 Å². The molecule has 0 saturated heterocycles. The van der Waals surface area contributed by atoms with Crippen molar-refractivity contribution in [2.45, 2.75) is 77.6 Å². The molecule has 0 fully saturated rings. The lowest BCUT2D eigenvalue weighted by Crippen LogP contribution is -2.27. The summed E-state index contributed by atoms with van der Waals surface area (Å²) in [5, 5.41) is 3.35. The number of hydrogen-bond donors (Lipinski definition) is 1. The average molecular weight is 284 g/mol. The van der Waals surface area contributed by atoms with Gasteiger partial charge in [0.2, 0.25) is 5.91 Å². The van der Waals surface area contributed by atoms with E-state index >= 15 is 0 Å². The minimum Gasteiger partial charge on any atom is -0.349 e. The highest BCUT2D eigenvalue weighted by molar-refractivity contribution is 5.75. The molecule has 3 heteroatoms. The van der Waals surface area contributed by atoms with Gasteiger partial charge in [-0.15, -0.1) is 0 Å². The number of amides is 1. The zero-order valence-electron chi connectivity index (χ0n) is 14.0. The van der Waals surface area contributed by atoms with Crippen molar-refractivity contribution in [3.63, 3.8) is 0 Å². The van der Waals surface area contributed by atoms with Crippen LogP contribution in [0.1, 0.15) is 77.6 Å². The second kappa shape index (κ2) is 14.8. The van der Waals surface area contributed by atoms with Gasteiger partial charge in [0.25, 0.3) is 0 Å². The number of nitrogens with one attached hydrogen (secondary N) is 1. The molecule has 0 saturated carbocycles. The first-order valence-corrected chi connectivity index (χ1v) is 8.59. The highest BCUT2D eigenvalue weighted by Gasteiger charge is 2.01. The van der Waals surface area contributed by atoms with Crippen LogP contribution in [0, 0.1) is 0 Å². The van der Waals surface area contributed by atoms with Gasteiger partial charge in [0.1, 0.15) is 0 Å². The molecule has 0 aromatic heterocycles. The normalized spacial score (nSPS) is 10.8. The van der Waals surface area contributed by atoms with Gasteiger partial charge in [-0.1, -0.05) is 64.7 Å². The van der Waals surface area contributed by atoms with E-state index in [9.17, 15) is 4.79 Å². The van der Waals surface area contributed by atoms with Crippen LogP contribution in [0.5, 0.6) is 0 Å². The van der Waals surface area contributed by atoms with Gasteiger partial charge < -0.3 is 10.2 Å². The van der Waals surface area contributed by atoms with E-state index in [1.165, 1.54) is 64.2 Å². The van der Waals surface area contributed by atoms with E-state index in [0.717, 1.165) is 13.1 Å². The quantitative estimate of drug-likeness (QED) is 0.489. The van der Waals surface area contributed by atoms with Gasteiger partial charge in [0.05, 0.1) is 0 Å². The van der Waals surface area contributed by atoms with Crippen molar-refractivity contribution in [1.82, 2.24) is 10.2 Å². The molecule has 0 heterocycles. The highest BCUT2D eigenvalue weighted by Crippen LogP contribution is 2.10. The van der Waals surface area contributed by atoms with Crippen molar-refractivity contribution in [1.29, 1.82) is 0 Å². The molecular formula is C17H36N2O. The molecule has 20 heavy (non-hydrogen) atoms. The maximum Gasteiger partial charge on any atom is 0.223 e. The van der Waals surface area contributed by atoms with Gasteiger partial charge in [-0.25, -0.2) is 0 Å². The zero-order valence-corrected chi connectivity index (χ0v) is 14.0. The van der Waals surface area contributed by atoms with Gasteiger partial charge in [0, 0.05) is 27.1 Å². The fourth-order valence-electron chi connectivity index (χ4n) is 2.28. The number of hydrogen-bond acceptors (Lipinski definition) is 2. The predicted octanol–water partition coefficient (Wildman–Crippen LogP) is 3.98. The summed E-state index contributed by atoms with van der Waals surface area (Å²) < 4.78 is 0. The summed E-state index contributed by atoms with van der Waals surface area (Å²) >= 11 is 0. The predicted molar refractivity (Wildman–Crippen MR) is 88.0 cm³/mol. The smallest absolute Gasteiger partial charge is 0.223 e. The van der Waals surface area contributed by atoms with Crippen LogP contribution < -0.4 is 5.32 Å². The van der Waals surface area contributed by atoms with E-state index in [1.54, 1.807) is 4.90 Å². The number of carbonyl (C=O) groups is 1. The molecule has 0 aromatic carbocycles. The third kappa shape index (κ3) is 13.9. The molecule has 1 N–H and O–H groups in total.